The molecule has 4 nitrogen and oxygen atoms in total. The van der Waals surface area contributed by atoms with Gasteiger partial charge in [-0.1, -0.05) is 42.5 Å². The van der Waals surface area contributed by atoms with Gasteiger partial charge in [-0.3, -0.25) is 0 Å². The molecule has 1 aliphatic rings. The number of aromatic nitrogens is 2. The summed E-state index contributed by atoms with van der Waals surface area (Å²) in [6.45, 7) is 5.78. The number of morpholine rings is 1. The summed E-state index contributed by atoms with van der Waals surface area (Å²) in [5.41, 5.74) is 4.06. The number of benzene rings is 2. The highest BCUT2D eigenvalue weighted by molar-refractivity contribution is 5.76. The Labute approximate surface area is 142 Å². The lowest BCUT2D eigenvalue weighted by Gasteiger charge is -2.38. The topological polar surface area (TPSA) is 38.2 Å². The molecule has 0 bridgehead atoms. The average Bonchev–Trinajstić information content (AvgIpc) is 2.61. The molecular formula is C20H21N3O. The van der Waals surface area contributed by atoms with E-state index in [0.29, 0.717) is 0 Å². The fourth-order valence-electron chi connectivity index (χ4n) is 3.35. The number of para-hydroxylation sites is 2. The summed E-state index contributed by atoms with van der Waals surface area (Å²) in [4.78, 5) is 11.9. The Kier molecular flexibility index (Phi) is 3.90. The van der Waals surface area contributed by atoms with Crippen molar-refractivity contribution in [2.24, 2.45) is 0 Å². The highest BCUT2D eigenvalue weighted by Gasteiger charge is 2.28. The molecule has 2 unspecified atom stereocenters. The number of nitrogens with zero attached hydrogens (tertiary/aromatic N) is 3. The summed E-state index contributed by atoms with van der Waals surface area (Å²) in [6.07, 6.45) is 0.208. The molecule has 2 heterocycles. The van der Waals surface area contributed by atoms with Crippen molar-refractivity contribution in [1.82, 2.24) is 9.97 Å². The predicted octanol–water partition coefficient (Wildman–Crippen LogP) is 3.90. The van der Waals surface area contributed by atoms with Gasteiger partial charge in [-0.15, -0.1) is 0 Å². The van der Waals surface area contributed by atoms with Crippen LogP contribution in [0.3, 0.4) is 0 Å². The first-order chi connectivity index (χ1) is 11.7. The van der Waals surface area contributed by atoms with E-state index in [4.69, 9.17) is 14.7 Å². The Hall–Kier alpha value is -2.46. The molecule has 0 aliphatic carbocycles. The van der Waals surface area contributed by atoms with Crippen LogP contribution in [0.2, 0.25) is 0 Å². The molecule has 3 aromatic rings. The van der Waals surface area contributed by atoms with Gasteiger partial charge in [0, 0.05) is 13.1 Å². The van der Waals surface area contributed by atoms with Crippen LogP contribution in [-0.4, -0.2) is 29.2 Å². The number of hydrogen-bond acceptors (Lipinski definition) is 4. The molecule has 1 fully saturated rings. The Morgan fingerprint density at radius 1 is 0.917 bits per heavy atom. The van der Waals surface area contributed by atoms with Gasteiger partial charge in [0.2, 0.25) is 0 Å². The van der Waals surface area contributed by atoms with Gasteiger partial charge in [-0.05, 0) is 31.5 Å². The van der Waals surface area contributed by atoms with E-state index in [-0.39, 0.29) is 12.2 Å². The highest BCUT2D eigenvalue weighted by Crippen LogP contribution is 2.29. The minimum absolute atomic E-state index is 0.0580. The molecule has 1 aromatic heterocycles. The molecule has 0 radical (unpaired) electrons. The normalized spacial score (nSPS) is 21.2. The van der Waals surface area contributed by atoms with Crippen LogP contribution in [0.15, 0.2) is 54.6 Å². The van der Waals surface area contributed by atoms with E-state index in [0.717, 1.165) is 35.6 Å². The zero-order chi connectivity index (χ0) is 16.5. The van der Waals surface area contributed by atoms with Crippen molar-refractivity contribution in [3.8, 4) is 0 Å². The van der Waals surface area contributed by atoms with Crippen molar-refractivity contribution in [3.05, 3.63) is 65.9 Å². The molecule has 0 saturated carbocycles. The number of hydrogen-bond donors (Lipinski definition) is 0. The van der Waals surface area contributed by atoms with Crippen LogP contribution in [-0.2, 0) is 4.74 Å². The van der Waals surface area contributed by atoms with E-state index in [1.165, 1.54) is 5.56 Å². The van der Waals surface area contributed by atoms with Gasteiger partial charge in [-0.2, -0.15) is 0 Å². The summed E-state index contributed by atoms with van der Waals surface area (Å²) < 4.78 is 6.16. The second-order valence-corrected chi connectivity index (χ2v) is 6.37. The van der Waals surface area contributed by atoms with Crippen molar-refractivity contribution in [2.75, 3.05) is 18.0 Å². The van der Waals surface area contributed by atoms with E-state index in [1.54, 1.807) is 0 Å². The summed E-state index contributed by atoms with van der Waals surface area (Å²) in [7, 11) is 0. The Balaban J connectivity index is 1.69. The van der Waals surface area contributed by atoms with Crippen molar-refractivity contribution in [1.29, 1.82) is 0 Å². The zero-order valence-electron chi connectivity index (χ0n) is 14.0. The third-order valence-corrected chi connectivity index (χ3v) is 4.45. The molecule has 2 aromatic carbocycles. The van der Waals surface area contributed by atoms with Gasteiger partial charge in [0.25, 0.3) is 0 Å². The van der Waals surface area contributed by atoms with Crippen LogP contribution in [0, 0.1) is 6.92 Å². The van der Waals surface area contributed by atoms with Gasteiger partial charge >= 0.3 is 0 Å². The number of ether oxygens (including phenoxy) is 1. The SMILES string of the molecule is Cc1nc2ccccc2nc1N1CC(C)OC(c2ccccc2)C1. The van der Waals surface area contributed by atoms with E-state index in [2.05, 4.69) is 36.1 Å². The first-order valence-electron chi connectivity index (χ1n) is 8.39. The quantitative estimate of drug-likeness (QED) is 0.718. The average molecular weight is 319 g/mol. The number of rotatable bonds is 2. The van der Waals surface area contributed by atoms with Crippen LogP contribution in [0.1, 0.15) is 24.3 Å². The van der Waals surface area contributed by atoms with Gasteiger partial charge < -0.3 is 9.64 Å². The molecule has 4 rings (SSSR count). The second kappa shape index (κ2) is 6.21. The van der Waals surface area contributed by atoms with E-state index in [1.807, 2.05) is 37.3 Å². The van der Waals surface area contributed by atoms with E-state index in [9.17, 15) is 0 Å². The lowest BCUT2D eigenvalue weighted by Crippen LogP contribution is -2.43. The monoisotopic (exact) mass is 319 g/mol. The van der Waals surface area contributed by atoms with Crippen LogP contribution in [0.25, 0.3) is 11.0 Å². The first-order valence-corrected chi connectivity index (χ1v) is 8.39. The van der Waals surface area contributed by atoms with Crippen LogP contribution in [0.5, 0.6) is 0 Å². The standard InChI is InChI=1S/C20H21N3O/c1-14-12-23(13-19(24-14)16-8-4-3-5-9-16)20-15(2)21-17-10-6-7-11-18(17)22-20/h3-11,14,19H,12-13H2,1-2H3. The lowest BCUT2D eigenvalue weighted by molar-refractivity contribution is -0.0176. The van der Waals surface area contributed by atoms with E-state index >= 15 is 0 Å². The molecule has 0 spiro atoms. The fraction of sp³-hybridized carbons (Fsp3) is 0.300. The minimum atomic E-state index is 0.0580. The number of fused-ring (bicyclic) bond motifs is 1. The maximum atomic E-state index is 6.16. The van der Waals surface area contributed by atoms with Crippen molar-refractivity contribution >= 4 is 16.9 Å². The van der Waals surface area contributed by atoms with Crippen LogP contribution < -0.4 is 4.90 Å². The zero-order valence-corrected chi connectivity index (χ0v) is 14.0. The first kappa shape index (κ1) is 15.1. The fourth-order valence-corrected chi connectivity index (χ4v) is 3.35. The van der Waals surface area contributed by atoms with Crippen molar-refractivity contribution < 1.29 is 4.74 Å². The van der Waals surface area contributed by atoms with Gasteiger partial charge in [-0.25, -0.2) is 9.97 Å². The molecule has 1 saturated heterocycles. The Bertz CT molecular complexity index is 850. The number of anilines is 1. The third kappa shape index (κ3) is 2.85. The molecule has 4 heteroatoms. The van der Waals surface area contributed by atoms with Crippen LogP contribution in [0.4, 0.5) is 5.82 Å². The summed E-state index contributed by atoms with van der Waals surface area (Å²) >= 11 is 0. The molecular weight excluding hydrogens is 298 g/mol. The number of aryl methyl sites for hydroxylation is 1. The molecule has 0 amide bonds. The lowest BCUT2D eigenvalue weighted by atomic mass is 10.1. The molecule has 122 valence electrons. The highest BCUT2D eigenvalue weighted by atomic mass is 16.5. The maximum Gasteiger partial charge on any atom is 0.150 e. The second-order valence-electron chi connectivity index (χ2n) is 6.37. The largest absolute Gasteiger partial charge is 0.367 e. The third-order valence-electron chi connectivity index (χ3n) is 4.45. The molecule has 0 N–H and O–H groups in total. The van der Waals surface area contributed by atoms with Gasteiger partial charge in [0.1, 0.15) is 6.10 Å². The Morgan fingerprint density at radius 3 is 2.33 bits per heavy atom. The summed E-state index contributed by atoms with van der Waals surface area (Å²) in [5.74, 6) is 0.963. The minimum Gasteiger partial charge on any atom is -0.367 e. The molecule has 2 atom stereocenters. The van der Waals surface area contributed by atoms with Gasteiger partial charge in [0.05, 0.1) is 22.8 Å². The van der Waals surface area contributed by atoms with Crippen molar-refractivity contribution in [3.63, 3.8) is 0 Å². The van der Waals surface area contributed by atoms with E-state index < -0.39 is 0 Å². The van der Waals surface area contributed by atoms with Crippen molar-refractivity contribution in [2.45, 2.75) is 26.1 Å². The Morgan fingerprint density at radius 2 is 1.58 bits per heavy atom. The molecule has 24 heavy (non-hydrogen) atoms. The summed E-state index contributed by atoms with van der Waals surface area (Å²) in [6, 6.07) is 18.4. The predicted molar refractivity (Wildman–Crippen MR) is 96.2 cm³/mol. The van der Waals surface area contributed by atoms with Crippen LogP contribution >= 0.6 is 0 Å². The molecule has 1 aliphatic heterocycles. The smallest absolute Gasteiger partial charge is 0.150 e. The summed E-state index contributed by atoms with van der Waals surface area (Å²) in [5, 5.41) is 0. The maximum absolute atomic E-state index is 6.16. The van der Waals surface area contributed by atoms with Gasteiger partial charge in [0.15, 0.2) is 5.82 Å².